The first-order valence-electron chi connectivity index (χ1n) is 2.07. The van der Waals surface area contributed by atoms with Crippen LogP contribution in [0.25, 0.3) is 0 Å². The van der Waals surface area contributed by atoms with Crippen molar-refractivity contribution >= 4 is 15.9 Å². The first kappa shape index (κ1) is 9.87. The van der Waals surface area contributed by atoms with Crippen LogP contribution in [0.4, 0.5) is 22.0 Å². The first-order valence-corrected chi connectivity index (χ1v) is 3.19. The lowest BCUT2D eigenvalue weighted by molar-refractivity contribution is 0.0367. The summed E-state index contributed by atoms with van der Waals surface area (Å²) in [4.78, 5) is 0. The van der Waals surface area contributed by atoms with Crippen LogP contribution in [0.1, 0.15) is 0 Å². The van der Waals surface area contributed by atoms with Crippen molar-refractivity contribution in [1.29, 1.82) is 0 Å². The third kappa shape index (κ3) is 2.24. The molecule has 10 heavy (non-hydrogen) atoms. The highest BCUT2D eigenvalue weighted by molar-refractivity contribution is 9.09. The summed E-state index contributed by atoms with van der Waals surface area (Å²) in [7, 11) is 0. The van der Waals surface area contributed by atoms with E-state index in [4.69, 9.17) is 0 Å². The maximum absolute atomic E-state index is 11.8. The van der Waals surface area contributed by atoms with E-state index in [-0.39, 0.29) is 0 Å². The van der Waals surface area contributed by atoms with Gasteiger partial charge in [-0.05, 0) is 0 Å². The molecule has 60 valence electrons. The number of allylic oxidation sites excluding steroid dienone is 1. The molecule has 0 heterocycles. The third-order valence-corrected chi connectivity index (χ3v) is 1.36. The zero-order valence-electron chi connectivity index (χ0n) is 4.47. The maximum atomic E-state index is 11.8. The quantitative estimate of drug-likeness (QED) is 0.500. The van der Waals surface area contributed by atoms with Crippen LogP contribution in [0.2, 0.25) is 0 Å². The van der Waals surface area contributed by atoms with E-state index in [1.165, 1.54) is 0 Å². The Bertz CT molecular complexity index is 148. The molecule has 0 aromatic rings. The van der Waals surface area contributed by atoms with Crippen LogP contribution in [0.5, 0.6) is 0 Å². The van der Waals surface area contributed by atoms with Crippen LogP contribution in [0.15, 0.2) is 11.9 Å². The fourth-order valence-corrected chi connectivity index (χ4v) is 0.443. The van der Waals surface area contributed by atoms with Gasteiger partial charge in [-0.2, -0.15) is 22.0 Å². The summed E-state index contributed by atoms with van der Waals surface area (Å²) >= 11 is 2.18. The average Bonchev–Trinajstić information content (AvgIpc) is 1.86. The standard InChI is InChI=1S/C4H2BrF5/c5-1-4(9,10)2(6)3(7)8/h1H2. The molecule has 0 rings (SSSR count). The predicted molar refractivity (Wildman–Crippen MR) is 29.1 cm³/mol. The van der Waals surface area contributed by atoms with Crippen molar-refractivity contribution in [2.24, 2.45) is 0 Å². The van der Waals surface area contributed by atoms with Gasteiger partial charge in [0, 0.05) is 0 Å². The number of alkyl halides is 3. The lowest BCUT2D eigenvalue weighted by Crippen LogP contribution is -2.19. The lowest BCUT2D eigenvalue weighted by atomic mass is 10.3. The van der Waals surface area contributed by atoms with Crippen LogP contribution in [-0.2, 0) is 0 Å². The Hall–Kier alpha value is -0.130. The molecular formula is C4H2BrF5. The third-order valence-electron chi connectivity index (χ3n) is 0.655. The van der Waals surface area contributed by atoms with Crippen molar-refractivity contribution in [2.45, 2.75) is 5.92 Å². The molecule has 0 aromatic heterocycles. The number of halogens is 6. The largest absolute Gasteiger partial charge is 0.313 e. The van der Waals surface area contributed by atoms with Gasteiger partial charge >= 0.3 is 12.0 Å². The van der Waals surface area contributed by atoms with E-state index < -0.39 is 23.2 Å². The second-order valence-corrected chi connectivity index (χ2v) is 1.97. The normalized spacial score (nSPS) is 11.4. The summed E-state index contributed by atoms with van der Waals surface area (Å²) in [5, 5.41) is -1.15. The highest BCUT2D eigenvalue weighted by atomic mass is 79.9. The zero-order chi connectivity index (χ0) is 8.36. The van der Waals surface area contributed by atoms with Gasteiger partial charge in [0.2, 0.25) is 5.83 Å². The Labute approximate surface area is 61.8 Å². The molecule has 0 aliphatic heterocycles. The Balaban J connectivity index is 4.49. The van der Waals surface area contributed by atoms with E-state index in [1.807, 2.05) is 0 Å². The van der Waals surface area contributed by atoms with Crippen molar-refractivity contribution in [2.75, 3.05) is 5.33 Å². The topological polar surface area (TPSA) is 0 Å². The molecule has 0 amide bonds. The smallest absolute Gasteiger partial charge is 0.199 e. The van der Waals surface area contributed by atoms with Crippen LogP contribution in [0, 0.1) is 0 Å². The van der Waals surface area contributed by atoms with Gasteiger partial charge in [0.1, 0.15) is 0 Å². The molecule has 6 heteroatoms. The van der Waals surface area contributed by atoms with E-state index >= 15 is 0 Å². The molecule has 0 N–H and O–H groups in total. The van der Waals surface area contributed by atoms with Crippen LogP contribution in [0.3, 0.4) is 0 Å². The van der Waals surface area contributed by atoms with Gasteiger partial charge in [0.25, 0.3) is 0 Å². The zero-order valence-corrected chi connectivity index (χ0v) is 6.06. The van der Waals surface area contributed by atoms with Crippen LogP contribution >= 0.6 is 15.9 Å². The van der Waals surface area contributed by atoms with E-state index in [2.05, 4.69) is 15.9 Å². The van der Waals surface area contributed by atoms with E-state index in [9.17, 15) is 22.0 Å². The van der Waals surface area contributed by atoms with Gasteiger partial charge in [-0.15, -0.1) is 0 Å². The maximum Gasteiger partial charge on any atom is 0.313 e. The molecule has 0 bridgehead atoms. The van der Waals surface area contributed by atoms with Crippen LogP contribution < -0.4 is 0 Å². The molecule has 0 nitrogen and oxygen atoms in total. The first-order chi connectivity index (χ1) is 4.41. The molecule has 0 aromatic carbocycles. The number of hydrogen-bond donors (Lipinski definition) is 0. The Morgan fingerprint density at radius 1 is 1.20 bits per heavy atom. The summed E-state index contributed by atoms with van der Waals surface area (Å²) in [6, 6.07) is 0. The van der Waals surface area contributed by atoms with Crippen molar-refractivity contribution in [3.63, 3.8) is 0 Å². The molecule has 0 spiro atoms. The number of rotatable bonds is 2. The summed E-state index contributed by atoms with van der Waals surface area (Å²) in [6.45, 7) is 0. The van der Waals surface area contributed by atoms with Crippen molar-refractivity contribution in [3.8, 4) is 0 Å². The van der Waals surface area contributed by atoms with Crippen molar-refractivity contribution in [1.82, 2.24) is 0 Å². The van der Waals surface area contributed by atoms with E-state index in [0.29, 0.717) is 0 Å². The molecule has 0 fully saturated rings. The molecule has 0 atom stereocenters. The van der Waals surface area contributed by atoms with Gasteiger partial charge in [-0.1, -0.05) is 15.9 Å². The summed E-state index contributed by atoms with van der Waals surface area (Å²) in [6.07, 6.45) is -2.98. The van der Waals surface area contributed by atoms with Gasteiger partial charge in [0.15, 0.2) is 0 Å². The van der Waals surface area contributed by atoms with Crippen LogP contribution in [-0.4, -0.2) is 11.3 Å². The Kier molecular flexibility index (Phi) is 3.27. The lowest BCUT2D eigenvalue weighted by Gasteiger charge is -2.07. The SMILES string of the molecule is FC(F)=C(F)C(F)(F)CBr. The molecule has 0 aliphatic rings. The minimum atomic E-state index is -4.10. The molecule has 0 radical (unpaired) electrons. The van der Waals surface area contributed by atoms with Gasteiger partial charge in [-0.3, -0.25) is 0 Å². The number of hydrogen-bond acceptors (Lipinski definition) is 0. The monoisotopic (exact) mass is 224 g/mol. The molecule has 0 unspecified atom stereocenters. The second kappa shape index (κ2) is 3.32. The molecule has 0 aliphatic carbocycles. The molecular weight excluding hydrogens is 223 g/mol. The van der Waals surface area contributed by atoms with E-state index in [0.717, 1.165) is 0 Å². The Morgan fingerprint density at radius 2 is 1.60 bits per heavy atom. The highest BCUT2D eigenvalue weighted by Crippen LogP contribution is 2.30. The second-order valence-electron chi connectivity index (χ2n) is 1.41. The van der Waals surface area contributed by atoms with Gasteiger partial charge in [0.05, 0.1) is 5.33 Å². The van der Waals surface area contributed by atoms with Crippen molar-refractivity contribution < 1.29 is 22.0 Å². The van der Waals surface area contributed by atoms with Gasteiger partial charge in [-0.25, -0.2) is 0 Å². The Morgan fingerprint density at radius 3 is 1.70 bits per heavy atom. The summed E-state index contributed by atoms with van der Waals surface area (Å²) in [5.41, 5.74) is 0. The highest BCUT2D eigenvalue weighted by Gasteiger charge is 2.37. The molecule has 0 saturated carbocycles. The molecule has 0 saturated heterocycles. The van der Waals surface area contributed by atoms with Gasteiger partial charge < -0.3 is 0 Å². The fraction of sp³-hybridized carbons (Fsp3) is 0.500. The van der Waals surface area contributed by atoms with Crippen molar-refractivity contribution in [3.05, 3.63) is 11.9 Å². The predicted octanol–water partition coefficient (Wildman–Crippen LogP) is 3.09. The average molecular weight is 225 g/mol. The summed E-state index contributed by atoms with van der Waals surface area (Å²) in [5.74, 6) is -6.77. The minimum absolute atomic E-state index is 1.15. The minimum Gasteiger partial charge on any atom is -0.199 e. The fourth-order valence-electron chi connectivity index (χ4n) is 0.197. The summed E-state index contributed by atoms with van der Waals surface area (Å²) < 4.78 is 57.6. The van der Waals surface area contributed by atoms with E-state index in [1.54, 1.807) is 0 Å².